The van der Waals surface area contributed by atoms with Gasteiger partial charge >= 0.3 is 0 Å². The fourth-order valence-electron chi connectivity index (χ4n) is 2.45. The molecule has 1 amide bonds. The van der Waals surface area contributed by atoms with Crippen molar-refractivity contribution in [3.8, 4) is 0 Å². The van der Waals surface area contributed by atoms with Crippen molar-refractivity contribution in [1.29, 1.82) is 0 Å². The Balaban J connectivity index is 1.64. The third-order valence-corrected chi connectivity index (χ3v) is 4.50. The van der Waals surface area contributed by atoms with E-state index in [0.29, 0.717) is 12.3 Å². The first-order valence-corrected chi connectivity index (χ1v) is 8.31. The van der Waals surface area contributed by atoms with Crippen LogP contribution in [-0.2, 0) is 4.79 Å². The topological polar surface area (TPSA) is 62.5 Å². The highest BCUT2D eigenvalue weighted by Gasteiger charge is 2.21. The zero-order valence-corrected chi connectivity index (χ0v) is 12.8. The van der Waals surface area contributed by atoms with Gasteiger partial charge < -0.3 is 15.5 Å². The average Bonchev–Trinajstić information content (AvgIpc) is 3.01. The Morgan fingerprint density at radius 3 is 2.60 bits per heavy atom. The summed E-state index contributed by atoms with van der Waals surface area (Å²) in [4.78, 5) is 20.7. The van der Waals surface area contributed by atoms with Gasteiger partial charge in [0.2, 0.25) is 5.91 Å². The summed E-state index contributed by atoms with van der Waals surface area (Å²) in [7, 11) is 0. The number of carbonyl (C=O) groups excluding carboxylic acids is 1. The van der Waals surface area contributed by atoms with Gasteiger partial charge in [0, 0.05) is 44.2 Å². The molecule has 6 heteroatoms. The monoisotopic (exact) mass is 296 g/mol. The molecular weight excluding hydrogens is 272 g/mol. The van der Waals surface area contributed by atoms with E-state index in [9.17, 15) is 4.79 Å². The second kappa shape index (κ2) is 8.21. The van der Waals surface area contributed by atoms with E-state index >= 15 is 0 Å². The number of thiazole rings is 1. The number of nitrogens with two attached hydrogens (primary N) is 1. The normalized spacial score (nSPS) is 15.7. The van der Waals surface area contributed by atoms with Crippen molar-refractivity contribution in [1.82, 2.24) is 9.88 Å². The van der Waals surface area contributed by atoms with Crippen molar-refractivity contribution in [2.24, 2.45) is 5.73 Å². The minimum Gasteiger partial charge on any atom is -0.345 e. The van der Waals surface area contributed by atoms with Crippen LogP contribution in [0.15, 0.2) is 11.6 Å². The Kier molecular flexibility index (Phi) is 6.26. The molecule has 0 aromatic carbocycles. The van der Waals surface area contributed by atoms with E-state index in [4.69, 9.17) is 5.73 Å². The number of nitrogens with zero attached hydrogens (tertiary/aromatic N) is 3. The molecule has 1 saturated heterocycles. The summed E-state index contributed by atoms with van der Waals surface area (Å²) in [5, 5.41) is 3.06. The quantitative estimate of drug-likeness (QED) is 0.778. The van der Waals surface area contributed by atoms with Crippen LogP contribution in [0.5, 0.6) is 0 Å². The van der Waals surface area contributed by atoms with Gasteiger partial charge in [-0.05, 0) is 19.4 Å². The van der Waals surface area contributed by atoms with Crippen LogP contribution in [0.2, 0.25) is 0 Å². The minimum atomic E-state index is 0.302. The van der Waals surface area contributed by atoms with E-state index in [1.165, 1.54) is 0 Å². The highest BCUT2D eigenvalue weighted by molar-refractivity contribution is 7.13. The van der Waals surface area contributed by atoms with Gasteiger partial charge in [-0.1, -0.05) is 12.8 Å². The van der Waals surface area contributed by atoms with Crippen molar-refractivity contribution < 1.29 is 4.79 Å². The van der Waals surface area contributed by atoms with E-state index in [1.807, 2.05) is 16.5 Å². The number of hydrogen-bond acceptors (Lipinski definition) is 5. The average molecular weight is 296 g/mol. The lowest BCUT2D eigenvalue weighted by molar-refractivity contribution is -0.131. The summed E-state index contributed by atoms with van der Waals surface area (Å²) in [6, 6.07) is 0. The molecule has 0 bridgehead atoms. The first-order chi connectivity index (χ1) is 9.81. The third-order valence-electron chi connectivity index (χ3n) is 3.67. The Hall–Kier alpha value is -1.14. The molecule has 0 saturated carbocycles. The molecule has 5 nitrogen and oxygen atoms in total. The summed E-state index contributed by atoms with van der Waals surface area (Å²) in [6.45, 7) is 4.19. The number of aromatic nitrogens is 1. The molecule has 0 spiro atoms. The number of unbranched alkanes of at least 4 members (excludes halogenated alkanes) is 3. The number of amides is 1. The molecule has 2 heterocycles. The summed E-state index contributed by atoms with van der Waals surface area (Å²) >= 11 is 1.66. The minimum absolute atomic E-state index is 0.302. The van der Waals surface area contributed by atoms with Gasteiger partial charge in [-0.15, -0.1) is 11.3 Å². The van der Waals surface area contributed by atoms with Gasteiger partial charge in [0.05, 0.1) is 0 Å². The molecule has 2 N–H and O–H groups in total. The van der Waals surface area contributed by atoms with E-state index in [2.05, 4.69) is 9.88 Å². The molecule has 1 aliphatic heterocycles. The van der Waals surface area contributed by atoms with Crippen LogP contribution < -0.4 is 10.6 Å². The van der Waals surface area contributed by atoms with E-state index in [-0.39, 0.29) is 0 Å². The van der Waals surface area contributed by atoms with Crippen molar-refractivity contribution >= 4 is 22.4 Å². The predicted molar refractivity (Wildman–Crippen MR) is 83.0 cm³/mol. The van der Waals surface area contributed by atoms with Crippen molar-refractivity contribution in [3.63, 3.8) is 0 Å². The van der Waals surface area contributed by atoms with Crippen molar-refractivity contribution in [2.45, 2.75) is 32.1 Å². The molecule has 0 aliphatic carbocycles. The number of rotatable bonds is 7. The van der Waals surface area contributed by atoms with Crippen LogP contribution in [0.1, 0.15) is 32.1 Å². The number of anilines is 1. The summed E-state index contributed by atoms with van der Waals surface area (Å²) in [5.74, 6) is 0.302. The van der Waals surface area contributed by atoms with Crippen LogP contribution in [0.3, 0.4) is 0 Å². The van der Waals surface area contributed by atoms with Crippen LogP contribution >= 0.6 is 11.3 Å². The number of piperazine rings is 1. The second-order valence-electron chi connectivity index (χ2n) is 5.14. The van der Waals surface area contributed by atoms with Crippen molar-refractivity contribution in [3.05, 3.63) is 11.6 Å². The maximum Gasteiger partial charge on any atom is 0.222 e. The van der Waals surface area contributed by atoms with Gasteiger partial charge in [-0.25, -0.2) is 4.98 Å². The number of hydrogen-bond donors (Lipinski definition) is 1. The van der Waals surface area contributed by atoms with Crippen LogP contribution in [0.4, 0.5) is 5.13 Å². The lowest BCUT2D eigenvalue weighted by atomic mass is 10.1. The third kappa shape index (κ3) is 4.45. The largest absolute Gasteiger partial charge is 0.345 e. The molecule has 20 heavy (non-hydrogen) atoms. The standard InChI is InChI=1S/C14H24N4OS/c15-6-4-2-1-3-5-13(19)17-8-10-18(11-9-17)14-16-7-12-20-14/h7,12H,1-6,8-11,15H2. The first kappa shape index (κ1) is 15.3. The molecule has 1 aromatic heterocycles. The first-order valence-electron chi connectivity index (χ1n) is 7.43. The second-order valence-corrected chi connectivity index (χ2v) is 6.01. The molecule has 1 aliphatic rings. The van der Waals surface area contributed by atoms with Crippen LogP contribution in [0, 0.1) is 0 Å². The lowest BCUT2D eigenvalue weighted by Gasteiger charge is -2.34. The van der Waals surface area contributed by atoms with E-state index < -0.39 is 0 Å². The van der Waals surface area contributed by atoms with Gasteiger partial charge in [0.25, 0.3) is 0 Å². The van der Waals surface area contributed by atoms with E-state index in [1.54, 1.807) is 11.3 Å². The maximum absolute atomic E-state index is 12.1. The Bertz CT molecular complexity index is 388. The molecule has 112 valence electrons. The highest BCUT2D eigenvalue weighted by Crippen LogP contribution is 2.19. The Labute approximate surface area is 124 Å². The van der Waals surface area contributed by atoms with E-state index in [0.717, 1.165) is 63.5 Å². The molecule has 1 aromatic rings. The van der Waals surface area contributed by atoms with Gasteiger partial charge in [-0.3, -0.25) is 4.79 Å². The SMILES string of the molecule is NCCCCCCC(=O)N1CCN(c2nccs2)CC1. The Morgan fingerprint density at radius 1 is 1.20 bits per heavy atom. The van der Waals surface area contributed by atoms with Gasteiger partial charge in [-0.2, -0.15) is 0 Å². The van der Waals surface area contributed by atoms with Gasteiger partial charge in [0.1, 0.15) is 0 Å². The molecule has 0 radical (unpaired) electrons. The fourth-order valence-corrected chi connectivity index (χ4v) is 3.15. The summed E-state index contributed by atoms with van der Waals surface area (Å²) in [5.41, 5.74) is 5.46. The molecule has 0 atom stereocenters. The highest BCUT2D eigenvalue weighted by atomic mass is 32.1. The van der Waals surface area contributed by atoms with Gasteiger partial charge in [0.15, 0.2) is 5.13 Å². The smallest absolute Gasteiger partial charge is 0.222 e. The van der Waals surface area contributed by atoms with Crippen molar-refractivity contribution in [2.75, 3.05) is 37.6 Å². The molecule has 1 fully saturated rings. The van der Waals surface area contributed by atoms with Crippen LogP contribution in [0.25, 0.3) is 0 Å². The molecular formula is C14H24N4OS. The fraction of sp³-hybridized carbons (Fsp3) is 0.714. The molecule has 0 unspecified atom stereocenters. The summed E-state index contributed by atoms with van der Waals surface area (Å²) in [6.07, 6.45) is 6.83. The van der Waals surface area contributed by atoms with Crippen LogP contribution in [-0.4, -0.2) is 48.5 Å². The molecule has 2 rings (SSSR count). The zero-order valence-electron chi connectivity index (χ0n) is 12.0. The lowest BCUT2D eigenvalue weighted by Crippen LogP contribution is -2.48. The number of carbonyl (C=O) groups is 1. The Morgan fingerprint density at radius 2 is 1.95 bits per heavy atom. The predicted octanol–water partition coefficient (Wildman–Crippen LogP) is 1.70. The maximum atomic E-state index is 12.1. The summed E-state index contributed by atoms with van der Waals surface area (Å²) < 4.78 is 0. The zero-order chi connectivity index (χ0) is 14.2.